The van der Waals surface area contributed by atoms with Crippen LogP contribution in [0.25, 0.3) is 0 Å². The van der Waals surface area contributed by atoms with Crippen LogP contribution in [0.2, 0.25) is 0 Å². The first-order chi connectivity index (χ1) is 11.8. The molecule has 5 nitrogen and oxygen atoms in total. The van der Waals surface area contributed by atoms with E-state index in [0.717, 1.165) is 31.2 Å². The molecule has 0 aromatic carbocycles. The molecule has 3 aliphatic rings. The highest BCUT2D eigenvalue weighted by Gasteiger charge is 2.65. The smallest absolute Gasteiger partial charge is 0.162 e. The molecule has 1 aromatic heterocycles. The molecule has 6 atom stereocenters. The third-order valence-corrected chi connectivity index (χ3v) is 8.02. The van der Waals surface area contributed by atoms with Crippen LogP contribution in [-0.4, -0.2) is 40.4 Å². The number of furan rings is 1. The van der Waals surface area contributed by atoms with Gasteiger partial charge in [-0.05, 0) is 48.5 Å². The minimum absolute atomic E-state index is 0.0408. The number of rotatable bonds is 2. The van der Waals surface area contributed by atoms with Gasteiger partial charge in [-0.1, -0.05) is 13.8 Å². The normalized spacial score (nSPS) is 46.3. The van der Waals surface area contributed by atoms with E-state index < -0.39 is 11.5 Å². The summed E-state index contributed by atoms with van der Waals surface area (Å²) >= 11 is 0. The number of aryl methyl sites for hydroxylation is 1. The zero-order chi connectivity index (χ0) is 18.0. The van der Waals surface area contributed by atoms with Crippen LogP contribution in [0, 0.1) is 22.7 Å². The number of carbonyl (C=O) groups is 1. The number of hydrogen-bond acceptors (Lipinski definition) is 5. The lowest BCUT2D eigenvalue weighted by molar-refractivity contribution is -0.190. The topological polar surface area (TPSA) is 90.9 Å². The van der Waals surface area contributed by atoms with Gasteiger partial charge < -0.3 is 19.7 Å². The van der Waals surface area contributed by atoms with E-state index in [9.17, 15) is 20.1 Å². The van der Waals surface area contributed by atoms with E-state index in [4.69, 9.17) is 4.42 Å². The summed E-state index contributed by atoms with van der Waals surface area (Å²) in [6, 6.07) is 0. The Morgan fingerprint density at radius 1 is 1.16 bits per heavy atom. The Hall–Kier alpha value is -1.17. The van der Waals surface area contributed by atoms with Crippen molar-refractivity contribution in [1.82, 2.24) is 0 Å². The van der Waals surface area contributed by atoms with Gasteiger partial charge in [0.2, 0.25) is 0 Å². The summed E-state index contributed by atoms with van der Waals surface area (Å²) in [6.07, 6.45) is 6.10. The van der Waals surface area contributed by atoms with Gasteiger partial charge in [0.25, 0.3) is 0 Å². The summed E-state index contributed by atoms with van der Waals surface area (Å²) in [7, 11) is 0. The van der Waals surface area contributed by atoms with Crippen LogP contribution >= 0.6 is 0 Å². The fraction of sp³-hybridized carbons (Fsp3) is 0.750. The molecule has 0 spiro atoms. The van der Waals surface area contributed by atoms with E-state index in [-0.39, 0.29) is 41.7 Å². The third-order valence-electron chi connectivity index (χ3n) is 8.02. The molecule has 25 heavy (non-hydrogen) atoms. The van der Waals surface area contributed by atoms with E-state index >= 15 is 0 Å². The van der Waals surface area contributed by atoms with Crippen molar-refractivity contribution in [3.8, 4) is 0 Å². The Kier molecular flexibility index (Phi) is 3.74. The molecule has 1 heterocycles. The molecule has 0 unspecified atom stereocenters. The number of aliphatic hydroxyl groups excluding tert-OH is 3. The van der Waals surface area contributed by atoms with Gasteiger partial charge in [-0.2, -0.15) is 0 Å². The Morgan fingerprint density at radius 2 is 1.92 bits per heavy atom. The van der Waals surface area contributed by atoms with Crippen molar-refractivity contribution in [2.75, 3.05) is 13.2 Å². The van der Waals surface area contributed by atoms with Crippen LogP contribution in [0.4, 0.5) is 0 Å². The van der Waals surface area contributed by atoms with Crippen molar-refractivity contribution >= 4 is 5.78 Å². The molecule has 138 valence electrons. The quantitative estimate of drug-likeness (QED) is 0.758. The fourth-order valence-corrected chi connectivity index (χ4v) is 6.79. The summed E-state index contributed by atoms with van der Waals surface area (Å²) in [6.45, 7) is 3.82. The minimum Gasteiger partial charge on any atom is -0.472 e. The standard InChI is InChI=1S/C20H28O5/c1-18-7-14(23)17(24)19(2,10-21)15(18)5-6-20(11-22)13-9-25-8-12(13)3-4-16(18)20/h8-9,15-17,21-22,24H,3-7,10-11H2,1-2H3/t15-,16-,17-,18+,19-,20-/m1/s1. The molecule has 0 radical (unpaired) electrons. The fourth-order valence-electron chi connectivity index (χ4n) is 6.79. The van der Waals surface area contributed by atoms with Gasteiger partial charge >= 0.3 is 0 Å². The summed E-state index contributed by atoms with van der Waals surface area (Å²) in [5.41, 5.74) is 0.714. The zero-order valence-electron chi connectivity index (χ0n) is 15.0. The first-order valence-corrected chi connectivity index (χ1v) is 9.31. The van der Waals surface area contributed by atoms with Crippen LogP contribution < -0.4 is 0 Å². The number of carbonyl (C=O) groups excluding carboxylic acids is 1. The molecule has 0 saturated heterocycles. The number of Topliss-reactive ketones (excluding diaryl/α,β-unsaturated/α-hetero) is 1. The van der Waals surface area contributed by atoms with Gasteiger partial charge in [-0.3, -0.25) is 4.79 Å². The van der Waals surface area contributed by atoms with Gasteiger partial charge in [0.05, 0.1) is 25.7 Å². The number of fused-ring (bicyclic) bond motifs is 5. The summed E-state index contributed by atoms with van der Waals surface area (Å²) < 4.78 is 5.45. The predicted octanol–water partition coefficient (Wildman–Crippen LogP) is 1.82. The number of hydrogen-bond donors (Lipinski definition) is 3. The van der Waals surface area contributed by atoms with E-state index in [1.54, 1.807) is 12.5 Å². The molecule has 1 aromatic rings. The Bertz CT molecular complexity index is 696. The summed E-state index contributed by atoms with van der Waals surface area (Å²) in [4.78, 5) is 12.6. The molecule has 2 saturated carbocycles. The van der Waals surface area contributed by atoms with Crippen molar-refractivity contribution in [2.45, 2.75) is 57.5 Å². The van der Waals surface area contributed by atoms with Crippen molar-refractivity contribution in [3.05, 3.63) is 23.7 Å². The second-order valence-corrected chi connectivity index (χ2v) is 9.02. The second-order valence-electron chi connectivity index (χ2n) is 9.02. The monoisotopic (exact) mass is 348 g/mol. The van der Waals surface area contributed by atoms with E-state index in [0.29, 0.717) is 6.42 Å². The van der Waals surface area contributed by atoms with Gasteiger partial charge in [0.1, 0.15) is 6.10 Å². The molecule has 3 aliphatic carbocycles. The highest BCUT2D eigenvalue weighted by molar-refractivity contribution is 5.85. The Morgan fingerprint density at radius 3 is 2.60 bits per heavy atom. The van der Waals surface area contributed by atoms with Crippen LogP contribution in [0.5, 0.6) is 0 Å². The minimum atomic E-state index is -1.11. The molecular weight excluding hydrogens is 320 g/mol. The molecular formula is C20H28O5. The lowest BCUT2D eigenvalue weighted by atomic mass is 9.40. The lowest BCUT2D eigenvalue weighted by Crippen LogP contribution is -2.65. The summed E-state index contributed by atoms with van der Waals surface area (Å²) in [5.74, 6) is 0.00836. The van der Waals surface area contributed by atoms with Crippen molar-refractivity contribution in [1.29, 1.82) is 0 Å². The molecule has 0 amide bonds. The third kappa shape index (κ3) is 1.97. The van der Waals surface area contributed by atoms with E-state index in [2.05, 4.69) is 6.92 Å². The van der Waals surface area contributed by atoms with Crippen LogP contribution in [-0.2, 0) is 16.6 Å². The van der Waals surface area contributed by atoms with Crippen LogP contribution in [0.3, 0.4) is 0 Å². The Balaban J connectivity index is 1.85. The average molecular weight is 348 g/mol. The van der Waals surface area contributed by atoms with Gasteiger partial charge in [0.15, 0.2) is 5.78 Å². The first kappa shape index (κ1) is 17.3. The molecule has 2 fully saturated rings. The summed E-state index contributed by atoms with van der Waals surface area (Å²) in [5, 5.41) is 31.0. The van der Waals surface area contributed by atoms with Crippen LogP contribution in [0.1, 0.15) is 50.7 Å². The van der Waals surface area contributed by atoms with Crippen molar-refractivity contribution in [3.63, 3.8) is 0 Å². The molecule has 3 N–H and O–H groups in total. The van der Waals surface area contributed by atoms with Gasteiger partial charge in [-0.15, -0.1) is 0 Å². The van der Waals surface area contributed by atoms with Crippen molar-refractivity contribution in [2.24, 2.45) is 22.7 Å². The zero-order valence-corrected chi connectivity index (χ0v) is 15.0. The van der Waals surface area contributed by atoms with Gasteiger partial charge in [0, 0.05) is 22.8 Å². The average Bonchev–Trinajstić information content (AvgIpc) is 3.09. The molecule has 4 rings (SSSR count). The number of aliphatic hydroxyl groups is 3. The second kappa shape index (κ2) is 5.41. The predicted molar refractivity (Wildman–Crippen MR) is 90.9 cm³/mol. The Labute approximate surface area is 148 Å². The first-order valence-electron chi connectivity index (χ1n) is 9.31. The maximum atomic E-state index is 12.6. The molecule has 0 aliphatic heterocycles. The van der Waals surface area contributed by atoms with E-state index in [1.165, 1.54) is 5.56 Å². The van der Waals surface area contributed by atoms with Crippen molar-refractivity contribution < 1.29 is 24.5 Å². The van der Waals surface area contributed by atoms with Gasteiger partial charge in [-0.25, -0.2) is 0 Å². The number of ketones is 1. The largest absolute Gasteiger partial charge is 0.472 e. The maximum absolute atomic E-state index is 12.6. The lowest BCUT2D eigenvalue weighted by Gasteiger charge is -2.64. The maximum Gasteiger partial charge on any atom is 0.162 e. The van der Waals surface area contributed by atoms with E-state index in [1.807, 2.05) is 6.92 Å². The molecule has 5 heteroatoms. The highest BCUT2D eigenvalue weighted by Crippen LogP contribution is 2.66. The highest BCUT2D eigenvalue weighted by atomic mass is 16.3. The molecule has 0 bridgehead atoms. The SMILES string of the molecule is C[C@]12CC(=O)[C@@H](O)[C@](C)(CO)[C@@H]1CC[C@@]1(CO)c3cocc3CC[C@@H]12. The van der Waals surface area contributed by atoms with Crippen LogP contribution in [0.15, 0.2) is 16.9 Å².